The van der Waals surface area contributed by atoms with E-state index < -0.39 is 23.3 Å². The van der Waals surface area contributed by atoms with E-state index in [0.29, 0.717) is 18.6 Å². The standard InChI is InChI=1S/C13H17FN2O3/c1-13(2)16(12(15)18)9(7-19-13)5-8-3-4-11(17)10(14)6-8/h3-4,6,9,17H,5,7H2,1-2H3,(H2,15,18). The molecule has 1 aromatic carbocycles. The van der Waals surface area contributed by atoms with Crippen molar-refractivity contribution in [2.45, 2.75) is 32.0 Å². The highest BCUT2D eigenvalue weighted by atomic mass is 19.1. The second-order valence-electron chi connectivity index (χ2n) is 5.11. The number of halogens is 1. The highest BCUT2D eigenvalue weighted by Gasteiger charge is 2.42. The van der Waals surface area contributed by atoms with E-state index in [4.69, 9.17) is 15.6 Å². The molecule has 1 aliphatic heterocycles. The Kier molecular flexibility index (Phi) is 3.36. The number of aromatic hydroxyl groups is 1. The highest BCUT2D eigenvalue weighted by molar-refractivity contribution is 5.73. The Hall–Kier alpha value is -1.82. The fraction of sp³-hybridized carbons (Fsp3) is 0.462. The molecular formula is C13H17FN2O3. The van der Waals surface area contributed by atoms with Crippen LogP contribution in [0.5, 0.6) is 5.75 Å². The van der Waals surface area contributed by atoms with E-state index in [1.165, 1.54) is 17.0 Å². The number of benzene rings is 1. The largest absolute Gasteiger partial charge is 0.505 e. The number of urea groups is 1. The molecule has 1 aromatic rings. The summed E-state index contributed by atoms with van der Waals surface area (Å²) in [5, 5.41) is 9.14. The van der Waals surface area contributed by atoms with Gasteiger partial charge in [-0.2, -0.15) is 0 Å². The third-order valence-corrected chi connectivity index (χ3v) is 3.30. The molecule has 1 fully saturated rings. The number of carbonyl (C=O) groups is 1. The molecule has 0 aromatic heterocycles. The molecule has 3 N–H and O–H groups in total. The number of phenols is 1. The van der Waals surface area contributed by atoms with Crippen LogP contribution in [0.3, 0.4) is 0 Å². The van der Waals surface area contributed by atoms with Crippen LogP contribution in [-0.2, 0) is 11.2 Å². The molecule has 1 saturated heterocycles. The van der Waals surface area contributed by atoms with Crippen molar-refractivity contribution in [3.05, 3.63) is 29.6 Å². The molecule has 0 saturated carbocycles. The Labute approximate surface area is 110 Å². The summed E-state index contributed by atoms with van der Waals surface area (Å²) in [7, 11) is 0. The van der Waals surface area contributed by atoms with E-state index in [2.05, 4.69) is 0 Å². The van der Waals surface area contributed by atoms with Crippen molar-refractivity contribution in [2.75, 3.05) is 6.61 Å². The molecule has 6 heteroatoms. The van der Waals surface area contributed by atoms with Crippen LogP contribution in [-0.4, -0.2) is 34.4 Å². The van der Waals surface area contributed by atoms with Gasteiger partial charge in [0.15, 0.2) is 11.6 Å². The van der Waals surface area contributed by atoms with Crippen molar-refractivity contribution in [1.82, 2.24) is 4.90 Å². The van der Waals surface area contributed by atoms with Crippen LogP contribution in [0.1, 0.15) is 19.4 Å². The molecule has 1 aliphatic rings. The molecule has 1 atom stereocenters. The van der Waals surface area contributed by atoms with Gasteiger partial charge in [-0.05, 0) is 38.0 Å². The molecule has 104 valence electrons. The summed E-state index contributed by atoms with van der Waals surface area (Å²) in [5.41, 5.74) is 5.28. The molecule has 2 amide bonds. The van der Waals surface area contributed by atoms with Gasteiger partial charge in [0.2, 0.25) is 0 Å². The van der Waals surface area contributed by atoms with Gasteiger partial charge >= 0.3 is 6.03 Å². The maximum Gasteiger partial charge on any atom is 0.317 e. The van der Waals surface area contributed by atoms with Crippen LogP contribution < -0.4 is 5.73 Å². The second kappa shape index (κ2) is 4.70. The van der Waals surface area contributed by atoms with Crippen molar-refractivity contribution >= 4 is 6.03 Å². The third-order valence-electron chi connectivity index (χ3n) is 3.30. The summed E-state index contributed by atoms with van der Waals surface area (Å²) >= 11 is 0. The Balaban J connectivity index is 2.18. The van der Waals surface area contributed by atoms with E-state index in [1.807, 2.05) is 0 Å². The highest BCUT2D eigenvalue weighted by Crippen LogP contribution is 2.29. The van der Waals surface area contributed by atoms with E-state index >= 15 is 0 Å². The summed E-state index contributed by atoms with van der Waals surface area (Å²) in [6.07, 6.45) is 0.420. The van der Waals surface area contributed by atoms with Gasteiger partial charge in [-0.3, -0.25) is 4.90 Å². The molecule has 5 nitrogen and oxygen atoms in total. The zero-order chi connectivity index (χ0) is 14.2. The number of primary amides is 1. The monoisotopic (exact) mass is 268 g/mol. The summed E-state index contributed by atoms with van der Waals surface area (Å²) in [5.74, 6) is -1.07. The number of nitrogens with two attached hydrogens (primary N) is 1. The Morgan fingerprint density at radius 2 is 2.32 bits per heavy atom. The maximum atomic E-state index is 13.3. The number of phenolic OH excluding ortho intramolecular Hbond substituents is 1. The first-order valence-electron chi connectivity index (χ1n) is 6.01. The van der Waals surface area contributed by atoms with E-state index in [-0.39, 0.29) is 6.04 Å². The van der Waals surface area contributed by atoms with E-state index in [0.717, 1.165) is 0 Å². The maximum absolute atomic E-state index is 13.3. The van der Waals surface area contributed by atoms with Crippen molar-refractivity contribution in [3.8, 4) is 5.75 Å². The minimum atomic E-state index is -0.758. The minimum absolute atomic E-state index is 0.239. The normalized spacial score (nSPS) is 21.6. The minimum Gasteiger partial charge on any atom is -0.505 e. The number of nitrogens with zero attached hydrogens (tertiary/aromatic N) is 1. The summed E-state index contributed by atoms with van der Waals surface area (Å²) in [6.45, 7) is 3.86. The van der Waals surface area contributed by atoms with Gasteiger partial charge in [0.25, 0.3) is 0 Å². The lowest BCUT2D eigenvalue weighted by atomic mass is 10.0. The van der Waals surface area contributed by atoms with Gasteiger partial charge in [-0.25, -0.2) is 9.18 Å². The number of hydrogen-bond donors (Lipinski definition) is 2. The van der Waals surface area contributed by atoms with E-state index in [9.17, 15) is 9.18 Å². The number of rotatable bonds is 2. The van der Waals surface area contributed by atoms with Crippen LogP contribution in [0.15, 0.2) is 18.2 Å². The lowest BCUT2D eigenvalue weighted by molar-refractivity contribution is -0.0308. The van der Waals surface area contributed by atoms with Gasteiger partial charge in [0.05, 0.1) is 12.6 Å². The van der Waals surface area contributed by atoms with Gasteiger partial charge < -0.3 is 15.6 Å². The lowest BCUT2D eigenvalue weighted by Crippen LogP contribution is -2.51. The molecule has 0 spiro atoms. The predicted molar refractivity (Wildman–Crippen MR) is 67.0 cm³/mol. The summed E-state index contributed by atoms with van der Waals surface area (Å²) in [6, 6.07) is 3.35. The van der Waals surface area contributed by atoms with Gasteiger partial charge in [0, 0.05) is 0 Å². The van der Waals surface area contributed by atoms with Crippen LogP contribution in [0.2, 0.25) is 0 Å². The molecule has 0 aliphatic carbocycles. The Morgan fingerprint density at radius 3 is 2.89 bits per heavy atom. The average molecular weight is 268 g/mol. The third kappa shape index (κ3) is 2.63. The Bertz CT molecular complexity index is 505. The van der Waals surface area contributed by atoms with Crippen molar-refractivity contribution in [2.24, 2.45) is 5.73 Å². The van der Waals surface area contributed by atoms with Crippen LogP contribution in [0.25, 0.3) is 0 Å². The number of hydrogen-bond acceptors (Lipinski definition) is 3. The van der Waals surface area contributed by atoms with Crippen LogP contribution in [0, 0.1) is 5.82 Å². The molecule has 2 rings (SSSR count). The van der Waals surface area contributed by atoms with Crippen molar-refractivity contribution < 1.29 is 19.0 Å². The molecular weight excluding hydrogens is 251 g/mol. The molecule has 0 bridgehead atoms. The van der Waals surface area contributed by atoms with Crippen molar-refractivity contribution in [3.63, 3.8) is 0 Å². The first-order chi connectivity index (χ1) is 8.81. The second-order valence-corrected chi connectivity index (χ2v) is 5.11. The molecule has 1 unspecified atom stereocenters. The molecule has 0 radical (unpaired) electrons. The fourth-order valence-electron chi connectivity index (χ4n) is 2.43. The first kappa shape index (κ1) is 13.6. The lowest BCUT2D eigenvalue weighted by Gasteiger charge is -2.32. The van der Waals surface area contributed by atoms with Crippen molar-refractivity contribution in [1.29, 1.82) is 0 Å². The first-order valence-corrected chi connectivity index (χ1v) is 6.01. The number of ether oxygens (including phenoxy) is 1. The van der Waals surface area contributed by atoms with Gasteiger partial charge in [-0.1, -0.05) is 6.07 Å². The van der Waals surface area contributed by atoms with Gasteiger partial charge in [0.1, 0.15) is 5.72 Å². The smallest absolute Gasteiger partial charge is 0.317 e. The Morgan fingerprint density at radius 1 is 1.63 bits per heavy atom. The topological polar surface area (TPSA) is 75.8 Å². The zero-order valence-electron chi connectivity index (χ0n) is 10.9. The van der Waals surface area contributed by atoms with Gasteiger partial charge in [-0.15, -0.1) is 0 Å². The number of carbonyl (C=O) groups excluding carboxylic acids is 1. The number of amides is 2. The quantitative estimate of drug-likeness (QED) is 0.855. The molecule has 1 heterocycles. The van der Waals surface area contributed by atoms with Crippen LogP contribution in [0.4, 0.5) is 9.18 Å². The van der Waals surface area contributed by atoms with E-state index in [1.54, 1.807) is 19.9 Å². The SMILES string of the molecule is CC1(C)OCC(Cc2ccc(O)c(F)c2)N1C(N)=O. The summed E-state index contributed by atoms with van der Waals surface area (Å²) in [4.78, 5) is 12.9. The average Bonchev–Trinajstić information content (AvgIpc) is 2.59. The molecule has 19 heavy (non-hydrogen) atoms. The fourth-order valence-corrected chi connectivity index (χ4v) is 2.43. The predicted octanol–water partition coefficient (Wildman–Crippen LogP) is 1.59. The summed E-state index contributed by atoms with van der Waals surface area (Å²) < 4.78 is 18.8. The van der Waals surface area contributed by atoms with Crippen LogP contribution >= 0.6 is 0 Å². The zero-order valence-corrected chi connectivity index (χ0v) is 10.9.